The summed E-state index contributed by atoms with van der Waals surface area (Å²) >= 11 is 0. The van der Waals surface area contributed by atoms with Gasteiger partial charge >= 0.3 is 5.97 Å². The van der Waals surface area contributed by atoms with Gasteiger partial charge in [0.1, 0.15) is 11.6 Å². The zero-order valence-corrected chi connectivity index (χ0v) is 16.2. The normalized spacial score (nSPS) is 24.3. The summed E-state index contributed by atoms with van der Waals surface area (Å²) in [6.45, 7) is 3.89. The molecular weight excluding hydrogens is 367 g/mol. The van der Waals surface area contributed by atoms with Gasteiger partial charge in [-0.25, -0.2) is 9.18 Å². The molecule has 28 heavy (non-hydrogen) atoms. The van der Waals surface area contributed by atoms with Crippen LogP contribution in [0, 0.1) is 17.7 Å². The Kier molecular flexibility index (Phi) is 5.32. The predicted molar refractivity (Wildman–Crippen MR) is 98.5 cm³/mol. The molecule has 3 atom stereocenters. The third kappa shape index (κ3) is 3.21. The first kappa shape index (κ1) is 20.1. The van der Waals surface area contributed by atoms with Crippen molar-refractivity contribution in [1.29, 1.82) is 0 Å². The van der Waals surface area contributed by atoms with Crippen molar-refractivity contribution in [3.8, 4) is 5.75 Å². The Balaban J connectivity index is 1.84. The lowest BCUT2D eigenvalue weighted by molar-refractivity contribution is -0.158. The smallest absolute Gasteiger partial charge is 0.329 e. The fourth-order valence-electron chi connectivity index (χ4n) is 4.31. The van der Waals surface area contributed by atoms with Crippen LogP contribution in [0.3, 0.4) is 0 Å². The first-order valence-corrected chi connectivity index (χ1v) is 9.39. The Hall–Kier alpha value is -2.64. The number of ether oxygens (including phenoxy) is 1. The zero-order valence-electron chi connectivity index (χ0n) is 16.2. The van der Waals surface area contributed by atoms with Gasteiger partial charge in [-0.15, -0.1) is 0 Å². The van der Waals surface area contributed by atoms with Gasteiger partial charge in [-0.05, 0) is 43.2 Å². The van der Waals surface area contributed by atoms with E-state index in [1.165, 1.54) is 30.2 Å². The van der Waals surface area contributed by atoms with E-state index in [0.717, 1.165) is 6.42 Å². The molecule has 8 heteroatoms. The number of aliphatic carboxylic acids is 1. The number of hydrogen-bond donors (Lipinski definition) is 2. The molecule has 1 aliphatic carbocycles. The number of carboxylic acids is 1. The predicted octanol–water partition coefficient (Wildman–Crippen LogP) is 2.05. The van der Waals surface area contributed by atoms with Crippen molar-refractivity contribution in [2.45, 2.75) is 44.7 Å². The van der Waals surface area contributed by atoms with Crippen molar-refractivity contribution in [3.63, 3.8) is 0 Å². The van der Waals surface area contributed by atoms with Crippen molar-refractivity contribution >= 4 is 17.8 Å². The van der Waals surface area contributed by atoms with E-state index in [9.17, 15) is 23.9 Å². The molecule has 2 fully saturated rings. The van der Waals surface area contributed by atoms with E-state index in [4.69, 9.17) is 4.74 Å². The number of carboxylic acid groups (broad SMARTS) is 1. The summed E-state index contributed by atoms with van der Waals surface area (Å²) in [7, 11) is 1.30. The highest BCUT2D eigenvalue weighted by atomic mass is 19.1. The number of benzene rings is 1. The minimum Gasteiger partial charge on any atom is -0.494 e. The van der Waals surface area contributed by atoms with Gasteiger partial charge < -0.3 is 20.1 Å². The Labute approximate surface area is 162 Å². The van der Waals surface area contributed by atoms with Crippen molar-refractivity contribution < 1.29 is 28.6 Å². The minimum absolute atomic E-state index is 0.0678. The molecule has 1 aliphatic heterocycles. The van der Waals surface area contributed by atoms with Gasteiger partial charge in [-0.1, -0.05) is 19.9 Å². The molecule has 0 aromatic heterocycles. The molecule has 7 nitrogen and oxygen atoms in total. The number of amides is 2. The molecule has 1 saturated heterocycles. The van der Waals surface area contributed by atoms with Crippen LogP contribution in [-0.4, -0.2) is 53.0 Å². The monoisotopic (exact) mass is 392 g/mol. The van der Waals surface area contributed by atoms with Gasteiger partial charge in [0, 0.05) is 6.54 Å². The van der Waals surface area contributed by atoms with Crippen LogP contribution in [0.15, 0.2) is 18.2 Å². The largest absolute Gasteiger partial charge is 0.494 e. The van der Waals surface area contributed by atoms with Gasteiger partial charge in [0.25, 0.3) is 5.91 Å². The van der Waals surface area contributed by atoms with Crippen molar-refractivity contribution in [3.05, 3.63) is 29.6 Å². The second kappa shape index (κ2) is 7.41. The van der Waals surface area contributed by atoms with E-state index >= 15 is 0 Å². The number of fused-ring (bicyclic) bond motifs is 2. The fraction of sp³-hybridized carbons (Fsp3) is 0.550. The lowest BCUT2D eigenvalue weighted by Gasteiger charge is -2.38. The molecule has 0 spiro atoms. The van der Waals surface area contributed by atoms with Crippen molar-refractivity contribution in [2.24, 2.45) is 11.8 Å². The summed E-state index contributed by atoms with van der Waals surface area (Å²) in [5.41, 5.74) is -1.42. The van der Waals surface area contributed by atoms with E-state index in [2.05, 4.69) is 5.32 Å². The average Bonchev–Trinajstić information content (AvgIpc) is 3.25. The van der Waals surface area contributed by atoms with Gasteiger partial charge in [-0.3, -0.25) is 9.59 Å². The number of rotatable bonds is 6. The van der Waals surface area contributed by atoms with Crippen molar-refractivity contribution in [2.75, 3.05) is 13.7 Å². The molecule has 1 aromatic carbocycles. The van der Waals surface area contributed by atoms with E-state index in [0.29, 0.717) is 19.4 Å². The summed E-state index contributed by atoms with van der Waals surface area (Å²) in [5, 5.41) is 12.3. The van der Waals surface area contributed by atoms with Gasteiger partial charge in [0.05, 0.1) is 12.7 Å². The first-order chi connectivity index (χ1) is 13.2. The van der Waals surface area contributed by atoms with Crippen LogP contribution in [0.4, 0.5) is 4.39 Å². The highest BCUT2D eigenvalue weighted by Gasteiger charge is 2.58. The van der Waals surface area contributed by atoms with E-state index < -0.39 is 35.2 Å². The molecule has 1 aromatic rings. The Morgan fingerprint density at radius 3 is 2.64 bits per heavy atom. The van der Waals surface area contributed by atoms with E-state index in [1.807, 2.05) is 0 Å². The Bertz CT molecular complexity index is 812. The molecule has 0 radical (unpaired) electrons. The van der Waals surface area contributed by atoms with Gasteiger partial charge in [-0.2, -0.15) is 0 Å². The number of likely N-dealkylation sites (tertiary alicyclic amines) is 1. The molecular formula is C20H25FN2O5. The number of hydrogen-bond acceptors (Lipinski definition) is 4. The van der Waals surface area contributed by atoms with Crippen LogP contribution >= 0.6 is 0 Å². The number of nitrogens with one attached hydrogen (secondary N) is 1. The van der Waals surface area contributed by atoms with E-state index in [-0.39, 0.29) is 23.1 Å². The number of halogens is 1. The zero-order chi connectivity index (χ0) is 20.6. The second-order valence-electron chi connectivity index (χ2n) is 7.91. The standard InChI is InChI=1S/C20H25FN2O5/c1-11(2)16(22-17(24)13-5-4-6-14(28-3)15(13)21)18(25)23-10-12-7-8-20(23,9-12)19(26)27/h4-6,11-12,16H,7-10H2,1-3H3,(H,22,24)(H,26,27)/t12-,16+,20+/m1/s1. The highest BCUT2D eigenvalue weighted by Crippen LogP contribution is 2.47. The van der Waals surface area contributed by atoms with Crippen molar-refractivity contribution in [1.82, 2.24) is 10.2 Å². The number of piperidine rings is 1. The van der Waals surface area contributed by atoms with Gasteiger partial charge in [0.15, 0.2) is 11.6 Å². The average molecular weight is 392 g/mol. The first-order valence-electron chi connectivity index (χ1n) is 9.39. The third-order valence-electron chi connectivity index (χ3n) is 5.86. The lowest BCUT2D eigenvalue weighted by Crippen LogP contribution is -2.60. The molecule has 3 rings (SSSR count). The van der Waals surface area contributed by atoms with E-state index in [1.54, 1.807) is 13.8 Å². The van der Waals surface area contributed by atoms with Crippen LogP contribution in [0.5, 0.6) is 5.75 Å². The molecule has 1 heterocycles. The van der Waals surface area contributed by atoms with Crippen LogP contribution < -0.4 is 10.1 Å². The number of carbonyl (C=O) groups excluding carboxylic acids is 2. The van der Waals surface area contributed by atoms with Crippen LogP contribution in [-0.2, 0) is 9.59 Å². The summed E-state index contributed by atoms with van der Waals surface area (Å²) < 4.78 is 19.3. The maximum atomic E-state index is 14.4. The fourth-order valence-corrected chi connectivity index (χ4v) is 4.31. The quantitative estimate of drug-likeness (QED) is 0.773. The highest BCUT2D eigenvalue weighted by molar-refractivity contribution is 5.99. The third-order valence-corrected chi connectivity index (χ3v) is 5.86. The molecule has 2 bridgehead atoms. The SMILES string of the molecule is COc1cccc(C(=O)N[C@H](C(=O)N2C[C@@H]3CC[C@@]2(C(=O)O)C3)C(C)C)c1F. The maximum absolute atomic E-state index is 14.4. The minimum atomic E-state index is -1.19. The number of carbonyl (C=O) groups is 3. The summed E-state index contributed by atoms with van der Waals surface area (Å²) in [5.74, 6) is -3.18. The molecule has 2 aliphatic rings. The molecule has 1 saturated carbocycles. The lowest BCUT2D eigenvalue weighted by atomic mass is 9.94. The Morgan fingerprint density at radius 2 is 2.07 bits per heavy atom. The van der Waals surface area contributed by atoms with Crippen LogP contribution in [0.25, 0.3) is 0 Å². The number of nitrogens with zero attached hydrogens (tertiary/aromatic N) is 1. The number of methoxy groups -OCH3 is 1. The van der Waals surface area contributed by atoms with Crippen LogP contribution in [0.2, 0.25) is 0 Å². The topological polar surface area (TPSA) is 95.9 Å². The second-order valence-corrected chi connectivity index (χ2v) is 7.91. The molecule has 152 valence electrons. The summed E-state index contributed by atoms with van der Waals surface area (Å²) in [4.78, 5) is 39.1. The molecule has 0 unspecified atom stereocenters. The summed E-state index contributed by atoms with van der Waals surface area (Å²) in [6.07, 6.45) is 1.64. The Morgan fingerprint density at radius 1 is 1.36 bits per heavy atom. The van der Waals surface area contributed by atoms with Gasteiger partial charge in [0.2, 0.25) is 5.91 Å². The molecule has 2 N–H and O–H groups in total. The summed E-state index contributed by atoms with van der Waals surface area (Å²) in [6, 6.07) is 3.25. The maximum Gasteiger partial charge on any atom is 0.329 e. The van der Waals surface area contributed by atoms with Crippen LogP contribution in [0.1, 0.15) is 43.5 Å². The molecule has 2 amide bonds.